The van der Waals surface area contributed by atoms with Crippen LogP contribution in [0, 0.1) is 0 Å². The van der Waals surface area contributed by atoms with E-state index in [4.69, 9.17) is 11.6 Å². The van der Waals surface area contributed by atoms with Crippen molar-refractivity contribution in [3.8, 4) is 0 Å². The van der Waals surface area contributed by atoms with Gasteiger partial charge in [0.25, 0.3) is 5.91 Å². The molecule has 39 heavy (non-hydrogen) atoms. The Morgan fingerprint density at radius 1 is 1.08 bits per heavy atom. The lowest BCUT2D eigenvalue weighted by Gasteiger charge is -2.17. The minimum absolute atomic E-state index is 0.0157. The summed E-state index contributed by atoms with van der Waals surface area (Å²) in [5.74, 6) is 0.514. The number of alkyl halides is 4. The summed E-state index contributed by atoms with van der Waals surface area (Å²) in [6.45, 7) is 1.00. The summed E-state index contributed by atoms with van der Waals surface area (Å²) in [4.78, 5) is 14.2. The number of benzene rings is 3. The van der Waals surface area contributed by atoms with E-state index in [1.807, 2.05) is 24.3 Å². The number of amides is 1. The molecule has 0 saturated carbocycles. The van der Waals surface area contributed by atoms with Gasteiger partial charge in [-0.15, -0.1) is 11.8 Å². The van der Waals surface area contributed by atoms with E-state index in [1.165, 1.54) is 12.1 Å². The van der Waals surface area contributed by atoms with E-state index in [9.17, 15) is 27.5 Å². The second-order valence-corrected chi connectivity index (χ2v) is 10.7. The summed E-state index contributed by atoms with van der Waals surface area (Å²) < 4.78 is 56.0. The topological polar surface area (TPSA) is 54.3 Å². The van der Waals surface area contributed by atoms with E-state index in [1.54, 1.807) is 40.6 Å². The molecular weight excluding hydrogens is 552 g/mol. The molecule has 1 unspecified atom stereocenters. The number of nitrogens with one attached hydrogen (secondary N) is 1. The minimum atomic E-state index is -4.60. The molecule has 3 aromatic carbocycles. The molecule has 0 aliphatic rings. The summed E-state index contributed by atoms with van der Waals surface area (Å²) in [5.41, 5.74) is 1.32. The maximum absolute atomic E-state index is 13.6. The van der Waals surface area contributed by atoms with Gasteiger partial charge >= 0.3 is 6.18 Å². The maximum Gasteiger partial charge on any atom is 0.416 e. The highest BCUT2D eigenvalue weighted by Gasteiger charge is 2.33. The molecule has 0 bridgehead atoms. The molecule has 2 N–H and O–H groups in total. The number of aromatic nitrogens is 1. The molecule has 0 saturated heterocycles. The number of carbonyl (C=O) groups is 1. The summed E-state index contributed by atoms with van der Waals surface area (Å²) in [6, 6.07) is 17.1. The van der Waals surface area contributed by atoms with Gasteiger partial charge in [-0.25, -0.2) is 4.39 Å². The molecule has 0 spiro atoms. The van der Waals surface area contributed by atoms with Crippen LogP contribution < -0.4 is 5.32 Å². The number of aryl methyl sites for hydroxylation is 1. The van der Waals surface area contributed by atoms with Crippen molar-refractivity contribution in [3.05, 3.63) is 99.7 Å². The Kier molecular flexibility index (Phi) is 9.25. The van der Waals surface area contributed by atoms with Gasteiger partial charge in [-0.3, -0.25) is 4.79 Å². The van der Waals surface area contributed by atoms with Crippen molar-refractivity contribution in [2.75, 3.05) is 19.0 Å². The molecular formula is C29H27ClF4N2O2S. The van der Waals surface area contributed by atoms with Crippen LogP contribution in [0.1, 0.15) is 45.7 Å². The molecule has 1 atom stereocenters. The van der Waals surface area contributed by atoms with Gasteiger partial charge in [-0.2, -0.15) is 13.2 Å². The number of nitrogens with zero attached hydrogens (tertiary/aromatic N) is 1. The lowest BCUT2D eigenvalue weighted by atomic mass is 10.0. The lowest BCUT2D eigenvalue weighted by molar-refractivity contribution is -0.138. The third-order valence-electron chi connectivity index (χ3n) is 6.39. The van der Waals surface area contributed by atoms with Crippen molar-refractivity contribution >= 4 is 40.2 Å². The van der Waals surface area contributed by atoms with Crippen molar-refractivity contribution < 1.29 is 27.5 Å². The highest BCUT2D eigenvalue weighted by molar-refractivity contribution is 7.99. The molecule has 4 aromatic rings. The molecule has 0 fully saturated rings. The van der Waals surface area contributed by atoms with Gasteiger partial charge in [-0.05, 0) is 65.4 Å². The van der Waals surface area contributed by atoms with E-state index >= 15 is 0 Å². The van der Waals surface area contributed by atoms with Gasteiger partial charge in [0.1, 0.15) is 6.67 Å². The van der Waals surface area contributed by atoms with Crippen LogP contribution in [-0.4, -0.2) is 34.6 Å². The second-order valence-electron chi connectivity index (χ2n) is 8.94. The molecule has 1 amide bonds. The van der Waals surface area contributed by atoms with Crippen molar-refractivity contribution in [1.29, 1.82) is 0 Å². The fraction of sp³-hybridized carbons (Fsp3) is 0.276. The largest absolute Gasteiger partial charge is 0.416 e. The average Bonchev–Trinajstić information content (AvgIpc) is 3.24. The number of fused-ring (bicyclic) bond motifs is 1. The third-order valence-corrected chi connectivity index (χ3v) is 7.52. The zero-order valence-corrected chi connectivity index (χ0v) is 22.6. The molecule has 0 aliphatic heterocycles. The molecule has 1 heterocycles. The first-order chi connectivity index (χ1) is 18.6. The van der Waals surface area contributed by atoms with Crippen LogP contribution in [0.15, 0.2) is 71.6 Å². The van der Waals surface area contributed by atoms with Gasteiger partial charge in [0.15, 0.2) is 0 Å². The Hall–Kier alpha value is -3.01. The van der Waals surface area contributed by atoms with Gasteiger partial charge in [-0.1, -0.05) is 36.7 Å². The maximum atomic E-state index is 13.6. The number of carbonyl (C=O) groups excluding carboxylic acids is 1. The average molecular weight is 579 g/mol. The molecule has 1 aromatic heterocycles. The van der Waals surface area contributed by atoms with E-state index in [0.29, 0.717) is 22.2 Å². The Bertz CT molecular complexity index is 1450. The Morgan fingerprint density at radius 2 is 1.82 bits per heavy atom. The third kappa shape index (κ3) is 6.77. The molecule has 0 aliphatic carbocycles. The summed E-state index contributed by atoms with van der Waals surface area (Å²) in [5, 5.41) is 13.3. The molecule has 4 rings (SSSR count). The lowest BCUT2D eigenvalue weighted by Crippen LogP contribution is -2.30. The molecule has 0 radical (unpaired) electrons. The van der Waals surface area contributed by atoms with Gasteiger partial charge in [0, 0.05) is 38.5 Å². The monoisotopic (exact) mass is 578 g/mol. The van der Waals surface area contributed by atoms with Gasteiger partial charge in [0.2, 0.25) is 0 Å². The van der Waals surface area contributed by atoms with Crippen LogP contribution in [0.3, 0.4) is 0 Å². The van der Waals surface area contributed by atoms with Crippen LogP contribution in [0.2, 0.25) is 5.02 Å². The van der Waals surface area contributed by atoms with Crippen LogP contribution in [0.5, 0.6) is 0 Å². The Labute approximate surface area is 233 Å². The smallest absolute Gasteiger partial charge is 0.394 e. The summed E-state index contributed by atoms with van der Waals surface area (Å²) >= 11 is 7.50. The number of hydrogen-bond donors (Lipinski definition) is 2. The number of aliphatic hydroxyl groups excluding tert-OH is 1. The van der Waals surface area contributed by atoms with Crippen LogP contribution in [-0.2, 0) is 19.1 Å². The van der Waals surface area contributed by atoms with Crippen molar-refractivity contribution in [2.45, 2.75) is 37.0 Å². The zero-order valence-electron chi connectivity index (χ0n) is 21.1. The molecule has 206 valence electrons. The Balaban J connectivity index is 1.62. The quantitative estimate of drug-likeness (QED) is 0.152. The van der Waals surface area contributed by atoms with Gasteiger partial charge < -0.3 is 15.0 Å². The SMILES string of the molecule is CCSc1ccc(C(CO)NC(=O)c2ccc3c(c2)cc(Cc2ccc(Cl)cc2C(F)(F)F)n3CCF)cc1. The van der Waals surface area contributed by atoms with Crippen LogP contribution >= 0.6 is 23.4 Å². The molecule has 10 heteroatoms. The number of rotatable bonds is 10. The Morgan fingerprint density at radius 3 is 2.46 bits per heavy atom. The fourth-order valence-electron chi connectivity index (χ4n) is 4.57. The fourth-order valence-corrected chi connectivity index (χ4v) is 5.40. The van der Waals surface area contributed by atoms with Crippen LogP contribution in [0.4, 0.5) is 17.6 Å². The highest BCUT2D eigenvalue weighted by atomic mass is 35.5. The highest BCUT2D eigenvalue weighted by Crippen LogP contribution is 2.35. The standard InChI is InChI=1S/C29H27ClF4N2O2S/c1-2-39-24-8-4-18(5-9-24)26(17-37)35-28(38)20-6-10-27-21(13-20)15-23(36(27)12-11-31)14-19-3-7-22(30)16-25(19)29(32,33)34/h3-10,13,15-16,26,37H,2,11-12,14,17H2,1H3,(H,35,38). The predicted octanol–water partition coefficient (Wildman–Crippen LogP) is 7.45. The predicted molar refractivity (Wildman–Crippen MR) is 147 cm³/mol. The number of hydrogen-bond acceptors (Lipinski definition) is 3. The first-order valence-corrected chi connectivity index (χ1v) is 13.7. The number of halogens is 5. The van der Waals surface area contributed by atoms with E-state index in [2.05, 4.69) is 12.2 Å². The number of thioether (sulfide) groups is 1. The number of aliphatic hydroxyl groups is 1. The first-order valence-electron chi connectivity index (χ1n) is 12.3. The van der Waals surface area contributed by atoms with E-state index in [-0.39, 0.29) is 30.2 Å². The van der Waals surface area contributed by atoms with Crippen molar-refractivity contribution in [3.63, 3.8) is 0 Å². The molecule has 4 nitrogen and oxygen atoms in total. The zero-order chi connectivity index (χ0) is 28.2. The second kappa shape index (κ2) is 12.4. The first kappa shape index (κ1) is 29.0. The summed E-state index contributed by atoms with van der Waals surface area (Å²) in [6.07, 6.45) is -4.69. The van der Waals surface area contributed by atoms with E-state index in [0.717, 1.165) is 22.3 Å². The normalized spacial score (nSPS) is 12.6. The van der Waals surface area contributed by atoms with Crippen LogP contribution in [0.25, 0.3) is 10.9 Å². The van der Waals surface area contributed by atoms with Crippen molar-refractivity contribution in [1.82, 2.24) is 9.88 Å². The summed E-state index contributed by atoms with van der Waals surface area (Å²) in [7, 11) is 0. The van der Waals surface area contributed by atoms with E-state index < -0.39 is 30.4 Å². The minimum Gasteiger partial charge on any atom is -0.394 e. The van der Waals surface area contributed by atoms with Crippen molar-refractivity contribution in [2.24, 2.45) is 0 Å². The van der Waals surface area contributed by atoms with Gasteiger partial charge in [0.05, 0.1) is 24.8 Å².